The Morgan fingerprint density at radius 3 is 2.67 bits per heavy atom. The van der Waals surface area contributed by atoms with Crippen LogP contribution in [0.5, 0.6) is 11.5 Å². The number of ether oxygens (including phenoxy) is 2. The van der Waals surface area contributed by atoms with E-state index >= 15 is 0 Å². The van der Waals surface area contributed by atoms with E-state index in [0.717, 1.165) is 15.6 Å². The van der Waals surface area contributed by atoms with Gasteiger partial charge in [-0.25, -0.2) is 4.79 Å². The Labute approximate surface area is 168 Å². The summed E-state index contributed by atoms with van der Waals surface area (Å²) in [7, 11) is 0. The third-order valence-corrected chi connectivity index (χ3v) is 5.11. The molecule has 3 aromatic rings. The molecule has 0 atom stereocenters. The first-order valence-corrected chi connectivity index (χ1v) is 9.63. The fourth-order valence-corrected chi connectivity index (χ4v) is 3.63. The Bertz CT molecular complexity index is 996. The van der Waals surface area contributed by atoms with Crippen molar-refractivity contribution in [1.82, 2.24) is 0 Å². The SMILES string of the molecule is N#Cc1c(OCC(=O)O)cc(OCc2ccsc2)cc1-c1ccccc1Br. The minimum absolute atomic E-state index is 0.175. The molecular formula is C20H14BrNO4S. The molecule has 136 valence electrons. The summed E-state index contributed by atoms with van der Waals surface area (Å²) < 4.78 is 12.0. The Hall–Kier alpha value is -2.82. The van der Waals surface area contributed by atoms with Crippen LogP contribution in [0.4, 0.5) is 0 Å². The van der Waals surface area contributed by atoms with Gasteiger partial charge in [-0.1, -0.05) is 34.1 Å². The van der Waals surface area contributed by atoms with Gasteiger partial charge < -0.3 is 14.6 Å². The second-order valence-corrected chi connectivity index (χ2v) is 7.17. The molecule has 1 N–H and O–H groups in total. The lowest BCUT2D eigenvalue weighted by Crippen LogP contribution is -2.10. The van der Waals surface area contributed by atoms with Crippen LogP contribution >= 0.6 is 27.3 Å². The maximum Gasteiger partial charge on any atom is 0.341 e. The molecule has 0 fully saturated rings. The van der Waals surface area contributed by atoms with Crippen molar-refractivity contribution in [3.8, 4) is 28.7 Å². The highest BCUT2D eigenvalue weighted by molar-refractivity contribution is 9.10. The molecule has 0 amide bonds. The second-order valence-electron chi connectivity index (χ2n) is 5.54. The number of benzene rings is 2. The number of halogens is 1. The van der Waals surface area contributed by atoms with Gasteiger partial charge in [0, 0.05) is 16.1 Å². The molecule has 27 heavy (non-hydrogen) atoms. The topological polar surface area (TPSA) is 79.5 Å². The summed E-state index contributed by atoms with van der Waals surface area (Å²) >= 11 is 5.07. The highest BCUT2D eigenvalue weighted by Gasteiger charge is 2.17. The summed E-state index contributed by atoms with van der Waals surface area (Å²) in [6.07, 6.45) is 0. The third-order valence-electron chi connectivity index (χ3n) is 3.69. The minimum Gasteiger partial charge on any atom is -0.489 e. The summed E-state index contributed by atoms with van der Waals surface area (Å²) in [5, 5.41) is 22.5. The fraction of sp³-hybridized carbons (Fsp3) is 0.100. The van der Waals surface area contributed by atoms with Gasteiger partial charge in [0.05, 0.1) is 0 Å². The average molecular weight is 444 g/mol. The van der Waals surface area contributed by atoms with E-state index in [0.29, 0.717) is 17.9 Å². The van der Waals surface area contributed by atoms with Crippen molar-refractivity contribution in [2.75, 3.05) is 6.61 Å². The molecule has 0 radical (unpaired) electrons. The Balaban J connectivity index is 2.04. The summed E-state index contributed by atoms with van der Waals surface area (Å²) in [6, 6.07) is 14.9. The number of hydrogen-bond acceptors (Lipinski definition) is 5. The number of nitrogens with zero attached hydrogens (tertiary/aromatic N) is 1. The van der Waals surface area contributed by atoms with Gasteiger partial charge in [-0.15, -0.1) is 0 Å². The molecule has 0 saturated heterocycles. The molecule has 0 spiro atoms. The van der Waals surface area contributed by atoms with Crippen molar-refractivity contribution in [3.05, 3.63) is 68.8 Å². The van der Waals surface area contributed by atoms with Gasteiger partial charge in [-0.3, -0.25) is 0 Å². The van der Waals surface area contributed by atoms with Crippen LogP contribution in [0.15, 0.2) is 57.7 Å². The van der Waals surface area contributed by atoms with E-state index in [1.54, 1.807) is 23.5 Å². The van der Waals surface area contributed by atoms with Gasteiger partial charge in [-0.2, -0.15) is 16.6 Å². The highest BCUT2D eigenvalue weighted by Crippen LogP contribution is 2.38. The third kappa shape index (κ3) is 4.67. The second kappa shape index (κ2) is 8.71. The molecular weight excluding hydrogens is 430 g/mol. The molecule has 0 saturated carbocycles. The number of hydrogen-bond donors (Lipinski definition) is 1. The van der Waals surface area contributed by atoms with Crippen molar-refractivity contribution in [2.45, 2.75) is 6.61 Å². The summed E-state index contributed by atoms with van der Waals surface area (Å²) in [5.41, 5.74) is 2.68. The lowest BCUT2D eigenvalue weighted by Gasteiger charge is -2.15. The molecule has 1 aromatic heterocycles. The van der Waals surface area contributed by atoms with Crippen molar-refractivity contribution in [1.29, 1.82) is 5.26 Å². The maximum absolute atomic E-state index is 10.9. The quantitative estimate of drug-likeness (QED) is 0.549. The first-order valence-electron chi connectivity index (χ1n) is 7.90. The largest absolute Gasteiger partial charge is 0.489 e. The molecule has 0 aliphatic heterocycles. The summed E-state index contributed by atoms with van der Waals surface area (Å²) in [5.74, 6) is -0.453. The molecule has 0 aliphatic rings. The molecule has 2 aromatic carbocycles. The number of carboxylic acids is 1. The zero-order chi connectivity index (χ0) is 19.2. The molecule has 5 nitrogen and oxygen atoms in total. The van der Waals surface area contributed by atoms with Crippen molar-refractivity contribution < 1.29 is 19.4 Å². The van der Waals surface area contributed by atoms with Crippen molar-refractivity contribution >= 4 is 33.2 Å². The van der Waals surface area contributed by atoms with Crippen molar-refractivity contribution in [2.24, 2.45) is 0 Å². The van der Waals surface area contributed by atoms with Gasteiger partial charge in [0.25, 0.3) is 0 Å². The number of carbonyl (C=O) groups is 1. The molecule has 0 bridgehead atoms. The van der Waals surface area contributed by atoms with Crippen LogP contribution in [0.25, 0.3) is 11.1 Å². The molecule has 7 heteroatoms. The standard InChI is InChI=1S/C20H14BrNO4S/c21-18-4-2-1-3-15(18)16-7-14(25-10-13-5-6-27-12-13)8-19(17(16)9-22)26-11-20(23)24/h1-8,12H,10-11H2,(H,23,24). The monoisotopic (exact) mass is 443 g/mol. The molecule has 0 unspecified atom stereocenters. The highest BCUT2D eigenvalue weighted by atomic mass is 79.9. The van der Waals surface area contributed by atoms with Crippen LogP contribution in [0, 0.1) is 11.3 Å². The Morgan fingerprint density at radius 2 is 2.00 bits per heavy atom. The summed E-state index contributed by atoms with van der Waals surface area (Å²) in [6.45, 7) is -0.179. The first kappa shape index (κ1) is 19.0. The average Bonchev–Trinajstić information content (AvgIpc) is 3.18. The van der Waals surface area contributed by atoms with Crippen LogP contribution in [0.2, 0.25) is 0 Å². The zero-order valence-corrected chi connectivity index (χ0v) is 16.4. The van der Waals surface area contributed by atoms with E-state index < -0.39 is 12.6 Å². The number of thiophene rings is 1. The van der Waals surface area contributed by atoms with Crippen LogP contribution in [-0.4, -0.2) is 17.7 Å². The number of carboxylic acid groups (broad SMARTS) is 1. The number of aliphatic carboxylic acids is 1. The van der Waals surface area contributed by atoms with Gasteiger partial charge in [0.1, 0.15) is 29.7 Å². The van der Waals surface area contributed by atoms with E-state index in [2.05, 4.69) is 22.0 Å². The van der Waals surface area contributed by atoms with E-state index in [9.17, 15) is 10.1 Å². The Kier molecular flexibility index (Phi) is 6.12. The van der Waals surface area contributed by atoms with Crippen LogP contribution in [0.1, 0.15) is 11.1 Å². The van der Waals surface area contributed by atoms with E-state index in [-0.39, 0.29) is 11.3 Å². The summed E-state index contributed by atoms with van der Waals surface area (Å²) in [4.78, 5) is 10.9. The predicted octanol–water partition coefficient (Wildman–Crippen LogP) is 5.09. The first-order chi connectivity index (χ1) is 13.1. The van der Waals surface area contributed by atoms with E-state index in [4.69, 9.17) is 14.6 Å². The molecule has 0 aliphatic carbocycles. The zero-order valence-electron chi connectivity index (χ0n) is 14.0. The normalized spacial score (nSPS) is 10.2. The van der Waals surface area contributed by atoms with E-state index in [1.165, 1.54) is 0 Å². The Morgan fingerprint density at radius 1 is 1.19 bits per heavy atom. The smallest absolute Gasteiger partial charge is 0.341 e. The lowest BCUT2D eigenvalue weighted by molar-refractivity contribution is -0.139. The minimum atomic E-state index is -1.12. The van der Waals surface area contributed by atoms with Gasteiger partial charge in [0.2, 0.25) is 0 Å². The van der Waals surface area contributed by atoms with Gasteiger partial charge in [-0.05, 0) is 40.1 Å². The van der Waals surface area contributed by atoms with Crippen LogP contribution in [0.3, 0.4) is 0 Å². The van der Waals surface area contributed by atoms with Crippen LogP contribution < -0.4 is 9.47 Å². The maximum atomic E-state index is 10.9. The van der Waals surface area contributed by atoms with Crippen LogP contribution in [-0.2, 0) is 11.4 Å². The predicted molar refractivity (Wildman–Crippen MR) is 106 cm³/mol. The van der Waals surface area contributed by atoms with E-state index in [1.807, 2.05) is 41.1 Å². The number of nitriles is 1. The van der Waals surface area contributed by atoms with Gasteiger partial charge in [0.15, 0.2) is 6.61 Å². The molecule has 3 rings (SSSR count). The fourth-order valence-electron chi connectivity index (χ4n) is 2.48. The van der Waals surface area contributed by atoms with Gasteiger partial charge >= 0.3 is 5.97 Å². The molecule has 1 heterocycles. The lowest BCUT2D eigenvalue weighted by atomic mass is 9.99. The number of rotatable bonds is 7. The van der Waals surface area contributed by atoms with Crippen molar-refractivity contribution in [3.63, 3.8) is 0 Å².